The number of nitrogens with zero attached hydrogens (tertiary/aromatic N) is 2. The summed E-state index contributed by atoms with van der Waals surface area (Å²) in [5.74, 6) is -4.91. The van der Waals surface area contributed by atoms with Crippen LogP contribution in [0.3, 0.4) is 0 Å². The number of hydrogen-bond acceptors (Lipinski definition) is 4. The van der Waals surface area contributed by atoms with Gasteiger partial charge in [-0.3, -0.25) is 4.57 Å². The molecule has 25 heavy (non-hydrogen) atoms. The molecule has 6 nitrogen and oxygen atoms in total. The molecule has 0 aliphatic rings. The van der Waals surface area contributed by atoms with Gasteiger partial charge in [-0.05, 0) is 24.3 Å². The van der Waals surface area contributed by atoms with Crippen LogP contribution in [0.5, 0.6) is 5.75 Å². The number of carbonyl (C=O) groups is 1. The SMILES string of the molecule is CCC(=O)On1ccn(-c2ccc(OCC(F)(F)C(F)F)cc2)c1=O. The van der Waals surface area contributed by atoms with Crippen LogP contribution < -0.4 is 15.3 Å². The monoisotopic (exact) mass is 362 g/mol. The van der Waals surface area contributed by atoms with Crippen molar-refractivity contribution in [2.75, 3.05) is 6.61 Å². The smallest absolute Gasteiger partial charge is 0.366 e. The maximum atomic E-state index is 12.8. The molecular formula is C15H14F4N2O4. The van der Waals surface area contributed by atoms with Crippen LogP contribution in [0.15, 0.2) is 41.5 Å². The summed E-state index contributed by atoms with van der Waals surface area (Å²) in [4.78, 5) is 28.1. The van der Waals surface area contributed by atoms with Crippen molar-refractivity contribution in [1.29, 1.82) is 0 Å². The normalized spacial score (nSPS) is 11.6. The average molecular weight is 362 g/mol. The number of carbonyl (C=O) groups excluding carboxylic acids is 1. The molecule has 0 spiro atoms. The van der Waals surface area contributed by atoms with E-state index in [-0.39, 0.29) is 12.2 Å². The van der Waals surface area contributed by atoms with Crippen molar-refractivity contribution >= 4 is 5.97 Å². The molecule has 0 aliphatic carbocycles. The van der Waals surface area contributed by atoms with Crippen molar-refractivity contribution in [3.8, 4) is 11.4 Å². The molecule has 0 radical (unpaired) electrons. The molecule has 0 saturated carbocycles. The molecule has 136 valence electrons. The number of aromatic nitrogens is 2. The Labute approximate surface area is 139 Å². The first-order valence-corrected chi connectivity index (χ1v) is 7.15. The van der Waals surface area contributed by atoms with Crippen LogP contribution in [-0.4, -0.2) is 34.2 Å². The van der Waals surface area contributed by atoms with E-state index < -0.39 is 30.6 Å². The van der Waals surface area contributed by atoms with Crippen molar-refractivity contribution in [2.45, 2.75) is 25.7 Å². The quantitative estimate of drug-likeness (QED) is 0.709. The highest BCUT2D eigenvalue weighted by Crippen LogP contribution is 2.24. The van der Waals surface area contributed by atoms with E-state index in [1.54, 1.807) is 6.92 Å². The average Bonchev–Trinajstić information content (AvgIpc) is 2.94. The summed E-state index contributed by atoms with van der Waals surface area (Å²) in [6, 6.07) is 5.23. The number of ether oxygens (including phenoxy) is 1. The third-order valence-corrected chi connectivity index (χ3v) is 3.10. The summed E-state index contributed by atoms with van der Waals surface area (Å²) < 4.78 is 56.2. The molecule has 0 aliphatic heterocycles. The van der Waals surface area contributed by atoms with E-state index in [1.807, 2.05) is 0 Å². The second kappa shape index (κ2) is 7.41. The van der Waals surface area contributed by atoms with E-state index in [2.05, 4.69) is 4.74 Å². The Balaban J connectivity index is 2.10. The molecule has 2 rings (SSSR count). The van der Waals surface area contributed by atoms with Crippen LogP contribution in [0.2, 0.25) is 0 Å². The molecule has 1 heterocycles. The Morgan fingerprint density at radius 2 is 1.84 bits per heavy atom. The highest BCUT2D eigenvalue weighted by atomic mass is 19.3. The van der Waals surface area contributed by atoms with Gasteiger partial charge < -0.3 is 9.57 Å². The van der Waals surface area contributed by atoms with Gasteiger partial charge in [0.25, 0.3) is 0 Å². The lowest BCUT2D eigenvalue weighted by Gasteiger charge is -2.16. The summed E-state index contributed by atoms with van der Waals surface area (Å²) in [6.45, 7) is 0.105. The molecule has 0 bridgehead atoms. The van der Waals surface area contributed by atoms with Crippen molar-refractivity contribution in [2.24, 2.45) is 0 Å². The fraction of sp³-hybridized carbons (Fsp3) is 0.333. The van der Waals surface area contributed by atoms with E-state index >= 15 is 0 Å². The highest BCUT2D eigenvalue weighted by molar-refractivity contribution is 5.69. The standard InChI is InChI=1S/C15H14F4N2O4/c1-2-12(22)25-21-8-7-20(14(21)23)10-3-5-11(6-4-10)24-9-15(18,19)13(16)17/h3-8,13H,2,9H2,1H3. The molecule has 0 N–H and O–H groups in total. The number of halogens is 4. The lowest BCUT2D eigenvalue weighted by molar-refractivity contribution is -0.148. The predicted molar refractivity (Wildman–Crippen MR) is 78.4 cm³/mol. The number of hydrogen-bond donors (Lipinski definition) is 0. The van der Waals surface area contributed by atoms with Gasteiger partial charge in [-0.15, -0.1) is 4.73 Å². The third-order valence-electron chi connectivity index (χ3n) is 3.10. The van der Waals surface area contributed by atoms with Crippen LogP contribution in [0.1, 0.15) is 13.3 Å². The van der Waals surface area contributed by atoms with Gasteiger partial charge in [0.15, 0.2) is 6.61 Å². The van der Waals surface area contributed by atoms with E-state index in [0.29, 0.717) is 5.69 Å². The number of imidazole rings is 1. The second-order valence-corrected chi connectivity index (χ2v) is 4.94. The van der Waals surface area contributed by atoms with Crippen LogP contribution in [0.25, 0.3) is 5.69 Å². The van der Waals surface area contributed by atoms with Gasteiger partial charge in [0.05, 0.1) is 11.9 Å². The maximum Gasteiger partial charge on any atom is 0.366 e. The minimum Gasteiger partial charge on any atom is -0.487 e. The summed E-state index contributed by atoms with van der Waals surface area (Å²) in [6.07, 6.45) is -1.15. The van der Waals surface area contributed by atoms with E-state index in [4.69, 9.17) is 4.84 Å². The van der Waals surface area contributed by atoms with Crippen LogP contribution in [0, 0.1) is 0 Å². The van der Waals surface area contributed by atoms with Crippen LogP contribution >= 0.6 is 0 Å². The Morgan fingerprint density at radius 1 is 1.20 bits per heavy atom. The van der Waals surface area contributed by atoms with E-state index in [0.717, 1.165) is 9.30 Å². The zero-order valence-electron chi connectivity index (χ0n) is 13.0. The number of rotatable bonds is 7. The Morgan fingerprint density at radius 3 is 2.40 bits per heavy atom. The summed E-state index contributed by atoms with van der Waals surface area (Å²) in [5, 5.41) is 0. The van der Waals surface area contributed by atoms with E-state index in [9.17, 15) is 27.2 Å². The Hall–Kier alpha value is -2.78. The lowest BCUT2D eigenvalue weighted by atomic mass is 10.3. The largest absolute Gasteiger partial charge is 0.487 e. The molecule has 2 aromatic rings. The van der Waals surface area contributed by atoms with Gasteiger partial charge in [-0.25, -0.2) is 18.4 Å². The molecule has 0 amide bonds. The minimum atomic E-state index is -4.25. The Bertz CT molecular complexity index is 784. The first kappa shape index (κ1) is 18.6. The number of benzene rings is 1. The second-order valence-electron chi connectivity index (χ2n) is 4.94. The van der Waals surface area contributed by atoms with Gasteiger partial charge in [0.1, 0.15) is 5.75 Å². The van der Waals surface area contributed by atoms with E-state index in [1.165, 1.54) is 36.7 Å². The minimum absolute atomic E-state index is 0.0611. The van der Waals surface area contributed by atoms with Gasteiger partial charge in [-0.2, -0.15) is 8.78 Å². The van der Waals surface area contributed by atoms with Crippen molar-refractivity contribution in [3.05, 3.63) is 47.1 Å². The third kappa shape index (κ3) is 4.40. The molecule has 0 atom stereocenters. The lowest BCUT2D eigenvalue weighted by Crippen LogP contribution is -2.33. The molecule has 0 saturated heterocycles. The first-order valence-electron chi connectivity index (χ1n) is 7.15. The summed E-state index contributed by atoms with van der Waals surface area (Å²) in [7, 11) is 0. The van der Waals surface area contributed by atoms with Gasteiger partial charge in [0.2, 0.25) is 0 Å². The summed E-state index contributed by atoms with van der Waals surface area (Å²) in [5.41, 5.74) is -0.316. The Kier molecular flexibility index (Phi) is 5.50. The first-order chi connectivity index (χ1) is 11.7. The molecule has 10 heteroatoms. The van der Waals surface area contributed by atoms with Crippen LogP contribution in [0.4, 0.5) is 17.6 Å². The molecule has 0 fully saturated rings. The van der Waals surface area contributed by atoms with Crippen LogP contribution in [-0.2, 0) is 4.79 Å². The van der Waals surface area contributed by atoms with Crippen molar-refractivity contribution in [1.82, 2.24) is 9.30 Å². The molecule has 1 aromatic carbocycles. The topological polar surface area (TPSA) is 62.5 Å². The number of alkyl halides is 4. The molecule has 1 aromatic heterocycles. The zero-order chi connectivity index (χ0) is 18.6. The zero-order valence-corrected chi connectivity index (χ0v) is 13.0. The van der Waals surface area contributed by atoms with Crippen molar-refractivity contribution in [3.63, 3.8) is 0 Å². The van der Waals surface area contributed by atoms with Gasteiger partial charge in [-0.1, -0.05) is 6.92 Å². The summed E-state index contributed by atoms with van der Waals surface area (Å²) >= 11 is 0. The van der Waals surface area contributed by atoms with Gasteiger partial charge in [0, 0.05) is 12.6 Å². The molecule has 0 unspecified atom stereocenters. The molecular weight excluding hydrogens is 348 g/mol. The fourth-order valence-electron chi connectivity index (χ4n) is 1.75. The highest BCUT2D eigenvalue weighted by Gasteiger charge is 2.41. The van der Waals surface area contributed by atoms with Crippen molar-refractivity contribution < 1.29 is 31.9 Å². The predicted octanol–water partition coefficient (Wildman–Crippen LogP) is 2.28. The maximum absolute atomic E-state index is 12.8. The fourth-order valence-corrected chi connectivity index (χ4v) is 1.75. The van der Waals surface area contributed by atoms with Gasteiger partial charge >= 0.3 is 24.0 Å².